The summed E-state index contributed by atoms with van der Waals surface area (Å²) < 4.78 is 29.8. The van der Waals surface area contributed by atoms with E-state index in [2.05, 4.69) is 0 Å². The molecule has 1 aromatic carbocycles. The summed E-state index contributed by atoms with van der Waals surface area (Å²) in [5.41, 5.74) is -1.45. The van der Waals surface area contributed by atoms with Gasteiger partial charge in [0.2, 0.25) is 5.75 Å². The van der Waals surface area contributed by atoms with Gasteiger partial charge in [-0.3, -0.25) is 14.9 Å². The molecule has 0 bridgehead atoms. The summed E-state index contributed by atoms with van der Waals surface area (Å²) in [6, 6.07) is 1.61. The van der Waals surface area contributed by atoms with Gasteiger partial charge in [-0.05, 0) is 13.0 Å². The Bertz CT molecular complexity index is 438. The van der Waals surface area contributed by atoms with E-state index in [0.717, 1.165) is 20.1 Å². The topological polar surface area (TPSA) is 69.4 Å². The quantitative estimate of drug-likeness (QED) is 0.464. The lowest BCUT2D eigenvalue weighted by Crippen LogP contribution is -2.03. The fourth-order valence-electron chi connectivity index (χ4n) is 1.37. The molecule has 0 aliphatic heterocycles. The van der Waals surface area contributed by atoms with Crippen LogP contribution in [0.25, 0.3) is 0 Å². The van der Waals surface area contributed by atoms with Crippen LogP contribution in [0.4, 0.5) is 14.5 Å². The third-order valence-electron chi connectivity index (χ3n) is 2.12. The summed E-state index contributed by atoms with van der Waals surface area (Å²) in [5.74, 6) is -0.876. The molecule has 0 unspecified atom stereocenters. The molecule has 0 saturated carbocycles. The second kappa shape index (κ2) is 4.86. The van der Waals surface area contributed by atoms with Crippen molar-refractivity contribution in [2.75, 3.05) is 7.11 Å². The molecule has 1 rings (SSSR count). The van der Waals surface area contributed by atoms with Gasteiger partial charge in [-0.25, -0.2) is 8.78 Å². The van der Waals surface area contributed by atoms with Gasteiger partial charge >= 0.3 is 5.69 Å². The lowest BCUT2D eigenvalue weighted by Gasteiger charge is -2.09. The zero-order chi connectivity index (χ0) is 13.2. The highest BCUT2D eigenvalue weighted by atomic mass is 19.3. The van der Waals surface area contributed by atoms with Gasteiger partial charge in [0.15, 0.2) is 5.78 Å². The molecule has 0 spiro atoms. The highest BCUT2D eigenvalue weighted by Gasteiger charge is 2.25. The molecule has 0 N–H and O–H groups in total. The lowest BCUT2D eigenvalue weighted by atomic mass is 10.0. The first-order valence-corrected chi connectivity index (χ1v) is 4.54. The Kier molecular flexibility index (Phi) is 3.72. The number of ketones is 1. The molecule has 0 amide bonds. The van der Waals surface area contributed by atoms with Crippen molar-refractivity contribution in [3.8, 4) is 5.75 Å². The van der Waals surface area contributed by atoms with Gasteiger partial charge in [-0.1, -0.05) is 0 Å². The van der Waals surface area contributed by atoms with Crippen LogP contribution in [0.15, 0.2) is 12.1 Å². The normalized spacial score (nSPS) is 10.4. The number of carbonyl (C=O) groups is 1. The van der Waals surface area contributed by atoms with Crippen LogP contribution in [-0.4, -0.2) is 17.8 Å². The largest absolute Gasteiger partial charge is 0.490 e. The molecule has 0 atom stereocenters. The maximum absolute atomic E-state index is 12.5. The SMILES string of the molecule is COc1c(C(C)=O)cc(C(F)F)cc1[N+](=O)[O-]. The van der Waals surface area contributed by atoms with E-state index in [1.165, 1.54) is 0 Å². The number of hydrogen-bond acceptors (Lipinski definition) is 4. The lowest BCUT2D eigenvalue weighted by molar-refractivity contribution is -0.385. The van der Waals surface area contributed by atoms with Crippen LogP contribution in [0.1, 0.15) is 29.3 Å². The Balaban J connectivity index is 3.57. The zero-order valence-corrected chi connectivity index (χ0v) is 9.07. The maximum atomic E-state index is 12.5. The zero-order valence-electron chi connectivity index (χ0n) is 9.07. The minimum Gasteiger partial charge on any atom is -0.490 e. The first-order valence-electron chi connectivity index (χ1n) is 4.54. The average molecular weight is 245 g/mol. The molecule has 5 nitrogen and oxygen atoms in total. The van der Waals surface area contributed by atoms with Crippen molar-refractivity contribution in [3.05, 3.63) is 33.4 Å². The number of ether oxygens (including phenoxy) is 1. The van der Waals surface area contributed by atoms with Crippen molar-refractivity contribution in [1.29, 1.82) is 0 Å². The number of hydrogen-bond donors (Lipinski definition) is 0. The number of nitro benzene ring substituents is 1. The predicted octanol–water partition coefficient (Wildman–Crippen LogP) is 2.74. The fourth-order valence-corrected chi connectivity index (χ4v) is 1.37. The molecule has 1 aromatic rings. The Labute approximate surface area is 95.2 Å². The third-order valence-corrected chi connectivity index (χ3v) is 2.12. The number of Topliss-reactive ketones (excluding diaryl/α,β-unsaturated/α-hetero) is 1. The number of carbonyl (C=O) groups excluding carboxylic acids is 1. The summed E-state index contributed by atoms with van der Waals surface area (Å²) in [4.78, 5) is 21.1. The molecule has 92 valence electrons. The molecular formula is C10H9F2NO4. The number of rotatable bonds is 4. The van der Waals surface area contributed by atoms with E-state index in [1.54, 1.807) is 0 Å². The van der Waals surface area contributed by atoms with Crippen LogP contribution < -0.4 is 4.74 Å². The number of nitrogens with zero attached hydrogens (tertiary/aromatic N) is 1. The molecule has 0 aliphatic rings. The third kappa shape index (κ3) is 2.55. The van der Waals surface area contributed by atoms with Gasteiger partial charge < -0.3 is 4.74 Å². The number of methoxy groups -OCH3 is 1. The highest BCUT2D eigenvalue weighted by molar-refractivity contribution is 5.98. The van der Waals surface area contributed by atoms with E-state index in [-0.39, 0.29) is 11.3 Å². The maximum Gasteiger partial charge on any atom is 0.312 e. The Morgan fingerprint density at radius 1 is 1.47 bits per heavy atom. The van der Waals surface area contributed by atoms with Crippen molar-refractivity contribution in [2.45, 2.75) is 13.3 Å². The summed E-state index contributed by atoms with van der Waals surface area (Å²) >= 11 is 0. The van der Waals surface area contributed by atoms with E-state index >= 15 is 0 Å². The smallest absolute Gasteiger partial charge is 0.312 e. The van der Waals surface area contributed by atoms with Crippen molar-refractivity contribution in [2.24, 2.45) is 0 Å². The Hall–Kier alpha value is -2.05. The van der Waals surface area contributed by atoms with E-state index in [9.17, 15) is 23.7 Å². The van der Waals surface area contributed by atoms with Crippen LogP contribution in [0.3, 0.4) is 0 Å². The number of benzene rings is 1. The summed E-state index contributed by atoms with van der Waals surface area (Å²) in [6.45, 7) is 1.12. The van der Waals surface area contributed by atoms with Crippen LogP contribution >= 0.6 is 0 Å². The second-order valence-corrected chi connectivity index (χ2v) is 3.23. The van der Waals surface area contributed by atoms with E-state index < -0.39 is 28.4 Å². The van der Waals surface area contributed by atoms with Crippen molar-refractivity contribution < 1.29 is 23.2 Å². The van der Waals surface area contributed by atoms with Crippen molar-refractivity contribution in [3.63, 3.8) is 0 Å². The Morgan fingerprint density at radius 2 is 2.06 bits per heavy atom. The highest BCUT2D eigenvalue weighted by Crippen LogP contribution is 2.35. The number of halogens is 2. The van der Waals surface area contributed by atoms with E-state index in [4.69, 9.17) is 4.74 Å². The number of nitro groups is 1. The molecule has 0 aromatic heterocycles. The Morgan fingerprint density at radius 3 is 2.41 bits per heavy atom. The van der Waals surface area contributed by atoms with E-state index in [0.29, 0.717) is 6.07 Å². The van der Waals surface area contributed by atoms with Crippen molar-refractivity contribution >= 4 is 11.5 Å². The van der Waals surface area contributed by atoms with Crippen LogP contribution in [0.2, 0.25) is 0 Å². The van der Waals surface area contributed by atoms with E-state index in [1.807, 2.05) is 0 Å². The average Bonchev–Trinajstić information content (AvgIpc) is 2.26. The number of alkyl halides is 2. The van der Waals surface area contributed by atoms with Crippen molar-refractivity contribution in [1.82, 2.24) is 0 Å². The van der Waals surface area contributed by atoms with Gasteiger partial charge in [-0.15, -0.1) is 0 Å². The molecular weight excluding hydrogens is 236 g/mol. The van der Waals surface area contributed by atoms with Gasteiger partial charge in [0.25, 0.3) is 6.43 Å². The first kappa shape index (κ1) is 13.0. The van der Waals surface area contributed by atoms with Gasteiger partial charge in [0.05, 0.1) is 17.6 Å². The van der Waals surface area contributed by atoms with Gasteiger partial charge in [0.1, 0.15) is 0 Å². The summed E-state index contributed by atoms with van der Waals surface area (Å²) in [6.07, 6.45) is -2.89. The van der Waals surface area contributed by atoms with Crippen LogP contribution in [0, 0.1) is 10.1 Å². The molecule has 0 radical (unpaired) electrons. The second-order valence-electron chi connectivity index (χ2n) is 3.23. The molecule has 17 heavy (non-hydrogen) atoms. The summed E-state index contributed by atoms with van der Waals surface area (Å²) in [5, 5.41) is 10.7. The minimum atomic E-state index is -2.89. The fraction of sp³-hybridized carbons (Fsp3) is 0.300. The monoisotopic (exact) mass is 245 g/mol. The van der Waals surface area contributed by atoms with Gasteiger partial charge in [-0.2, -0.15) is 0 Å². The molecule has 0 saturated heterocycles. The predicted molar refractivity (Wildman–Crippen MR) is 54.6 cm³/mol. The molecule has 7 heteroatoms. The standard InChI is InChI=1S/C10H9F2NO4/c1-5(14)7-3-6(10(11)12)4-8(13(15)16)9(7)17-2/h3-4,10H,1-2H3. The molecule has 0 aliphatic carbocycles. The molecule has 0 heterocycles. The first-order chi connectivity index (χ1) is 7.88. The summed E-state index contributed by atoms with van der Waals surface area (Å²) in [7, 11) is 1.14. The minimum absolute atomic E-state index is 0.225. The van der Waals surface area contributed by atoms with Gasteiger partial charge in [0, 0.05) is 11.6 Å². The van der Waals surface area contributed by atoms with Crippen LogP contribution in [0.5, 0.6) is 5.75 Å². The molecule has 0 fully saturated rings. The van der Waals surface area contributed by atoms with Crippen LogP contribution in [-0.2, 0) is 0 Å².